The third-order valence-electron chi connectivity index (χ3n) is 10.3. The largest absolute Gasteiger partial charge is 0.393 e. The van der Waals surface area contributed by atoms with Gasteiger partial charge in [0, 0.05) is 0 Å². The fraction of sp³-hybridized carbons (Fsp3) is 1.00. The first-order valence-corrected chi connectivity index (χ1v) is 11.8. The van der Waals surface area contributed by atoms with Crippen LogP contribution in [0, 0.1) is 46.3 Å². The molecule has 4 saturated carbocycles. The highest BCUT2D eigenvalue weighted by Crippen LogP contribution is 2.68. The summed E-state index contributed by atoms with van der Waals surface area (Å²) < 4.78 is 0. The van der Waals surface area contributed by atoms with E-state index in [0.717, 1.165) is 32.1 Å². The molecule has 0 aromatic heterocycles. The van der Waals surface area contributed by atoms with Gasteiger partial charge in [0.25, 0.3) is 0 Å². The number of aliphatic hydroxyl groups is 3. The van der Waals surface area contributed by atoms with Crippen molar-refractivity contribution < 1.29 is 15.3 Å². The fourth-order valence-electron chi connectivity index (χ4n) is 8.79. The number of hydrogen-bond donors (Lipinski definition) is 3. The molecule has 0 saturated heterocycles. The van der Waals surface area contributed by atoms with Gasteiger partial charge >= 0.3 is 0 Å². The highest BCUT2D eigenvalue weighted by molar-refractivity contribution is 5.14. The predicted octanol–water partition coefficient (Wildman–Crippen LogP) is 4.38. The van der Waals surface area contributed by atoms with Gasteiger partial charge in [-0.2, -0.15) is 0 Å². The molecule has 0 amide bonds. The van der Waals surface area contributed by atoms with E-state index >= 15 is 0 Å². The van der Waals surface area contributed by atoms with Crippen molar-refractivity contribution in [3.05, 3.63) is 0 Å². The SMILES string of the molecule is CCC[C@H](C)C1CCC2C3C(C[C@H](O)[C@@]21C)[C@@]1(C)CC[C@@H](O)CC1C[C@H]3O. The predicted molar refractivity (Wildman–Crippen MR) is 108 cm³/mol. The summed E-state index contributed by atoms with van der Waals surface area (Å²) in [5, 5.41) is 32.9. The molecule has 4 fully saturated rings. The van der Waals surface area contributed by atoms with Gasteiger partial charge in [0.05, 0.1) is 18.3 Å². The zero-order chi connectivity index (χ0) is 19.6. The molecular formula is C24H42O3. The van der Waals surface area contributed by atoms with E-state index in [-0.39, 0.29) is 29.1 Å². The molecule has 0 aliphatic heterocycles. The van der Waals surface area contributed by atoms with E-state index in [1.165, 1.54) is 25.7 Å². The summed E-state index contributed by atoms with van der Waals surface area (Å²) >= 11 is 0. The Morgan fingerprint density at radius 1 is 0.963 bits per heavy atom. The summed E-state index contributed by atoms with van der Waals surface area (Å²) in [5.41, 5.74) is 0.146. The van der Waals surface area contributed by atoms with Crippen molar-refractivity contribution >= 4 is 0 Å². The van der Waals surface area contributed by atoms with Gasteiger partial charge in [-0.05, 0) is 91.3 Å². The van der Waals surface area contributed by atoms with Crippen molar-refractivity contribution in [1.82, 2.24) is 0 Å². The lowest BCUT2D eigenvalue weighted by Crippen LogP contribution is -2.62. The Morgan fingerprint density at radius 3 is 2.41 bits per heavy atom. The monoisotopic (exact) mass is 378 g/mol. The second kappa shape index (κ2) is 6.99. The second-order valence-electron chi connectivity index (χ2n) is 11.3. The van der Waals surface area contributed by atoms with Crippen LogP contribution in [0.3, 0.4) is 0 Å². The molecule has 0 heterocycles. The van der Waals surface area contributed by atoms with Crippen LogP contribution in [-0.4, -0.2) is 33.6 Å². The molecule has 0 radical (unpaired) electrons. The number of fused-ring (bicyclic) bond motifs is 5. The first-order valence-electron chi connectivity index (χ1n) is 11.8. The number of aliphatic hydroxyl groups excluding tert-OH is 3. The van der Waals surface area contributed by atoms with Gasteiger partial charge in [-0.25, -0.2) is 0 Å². The maximum Gasteiger partial charge on any atom is 0.0602 e. The molecule has 0 bridgehead atoms. The molecule has 4 rings (SSSR count). The molecule has 0 spiro atoms. The highest BCUT2D eigenvalue weighted by atomic mass is 16.3. The Labute approximate surface area is 165 Å². The Morgan fingerprint density at radius 2 is 1.70 bits per heavy atom. The summed E-state index contributed by atoms with van der Waals surface area (Å²) in [6.07, 6.45) is 8.64. The smallest absolute Gasteiger partial charge is 0.0602 e. The molecule has 27 heavy (non-hydrogen) atoms. The van der Waals surface area contributed by atoms with Crippen LogP contribution >= 0.6 is 0 Å². The quantitative estimate of drug-likeness (QED) is 0.683. The van der Waals surface area contributed by atoms with Crippen molar-refractivity contribution in [1.29, 1.82) is 0 Å². The second-order valence-corrected chi connectivity index (χ2v) is 11.3. The van der Waals surface area contributed by atoms with Crippen molar-refractivity contribution in [2.75, 3.05) is 0 Å². The summed E-state index contributed by atoms with van der Waals surface area (Å²) in [6.45, 7) is 9.42. The van der Waals surface area contributed by atoms with Gasteiger partial charge in [-0.1, -0.05) is 40.5 Å². The third kappa shape index (κ3) is 2.86. The Bertz CT molecular complexity index is 550. The summed E-state index contributed by atoms with van der Waals surface area (Å²) in [4.78, 5) is 0. The lowest BCUT2D eigenvalue weighted by Gasteiger charge is -2.63. The number of hydrogen-bond acceptors (Lipinski definition) is 3. The van der Waals surface area contributed by atoms with Crippen molar-refractivity contribution in [2.24, 2.45) is 46.3 Å². The molecule has 3 nitrogen and oxygen atoms in total. The van der Waals surface area contributed by atoms with Gasteiger partial charge in [0.2, 0.25) is 0 Å². The lowest BCUT2D eigenvalue weighted by molar-refractivity contribution is -0.207. The molecule has 5 unspecified atom stereocenters. The summed E-state index contributed by atoms with van der Waals surface area (Å²) in [7, 11) is 0. The molecule has 3 heteroatoms. The zero-order valence-corrected chi connectivity index (χ0v) is 17.9. The van der Waals surface area contributed by atoms with Crippen LogP contribution in [0.4, 0.5) is 0 Å². The summed E-state index contributed by atoms with van der Waals surface area (Å²) in [6, 6.07) is 0. The van der Waals surface area contributed by atoms with Crippen molar-refractivity contribution in [2.45, 2.75) is 104 Å². The van der Waals surface area contributed by atoms with Crippen LogP contribution in [0.15, 0.2) is 0 Å². The maximum atomic E-state index is 11.5. The fourth-order valence-corrected chi connectivity index (χ4v) is 8.79. The molecule has 4 aliphatic rings. The van der Waals surface area contributed by atoms with Gasteiger partial charge in [0.15, 0.2) is 0 Å². The van der Waals surface area contributed by atoms with Crippen LogP contribution < -0.4 is 0 Å². The molecule has 11 atom stereocenters. The minimum Gasteiger partial charge on any atom is -0.393 e. The molecule has 3 N–H and O–H groups in total. The van der Waals surface area contributed by atoms with Crippen molar-refractivity contribution in [3.8, 4) is 0 Å². The molecular weight excluding hydrogens is 336 g/mol. The zero-order valence-electron chi connectivity index (χ0n) is 17.9. The van der Waals surface area contributed by atoms with Gasteiger partial charge < -0.3 is 15.3 Å². The van der Waals surface area contributed by atoms with Crippen LogP contribution in [0.2, 0.25) is 0 Å². The van der Waals surface area contributed by atoms with E-state index in [1.54, 1.807) is 0 Å². The lowest BCUT2D eigenvalue weighted by atomic mass is 9.43. The van der Waals surface area contributed by atoms with E-state index in [1.807, 2.05) is 0 Å². The Balaban J connectivity index is 1.66. The average Bonchev–Trinajstić information content (AvgIpc) is 2.96. The third-order valence-corrected chi connectivity index (χ3v) is 10.3. The van der Waals surface area contributed by atoms with Gasteiger partial charge in [0.1, 0.15) is 0 Å². The topological polar surface area (TPSA) is 60.7 Å². The first kappa shape index (κ1) is 20.2. The minimum absolute atomic E-state index is 0.0336. The first-order chi connectivity index (χ1) is 12.7. The maximum absolute atomic E-state index is 11.5. The molecule has 0 aromatic rings. The minimum atomic E-state index is -0.254. The van der Waals surface area contributed by atoms with Crippen LogP contribution in [0.5, 0.6) is 0 Å². The van der Waals surface area contributed by atoms with E-state index in [9.17, 15) is 15.3 Å². The normalized spacial score (nSPS) is 56.1. The van der Waals surface area contributed by atoms with E-state index in [0.29, 0.717) is 35.5 Å². The van der Waals surface area contributed by atoms with Crippen molar-refractivity contribution in [3.63, 3.8) is 0 Å². The molecule has 0 aromatic carbocycles. The molecule has 156 valence electrons. The number of rotatable bonds is 3. The van der Waals surface area contributed by atoms with Gasteiger partial charge in [-0.3, -0.25) is 0 Å². The average molecular weight is 379 g/mol. The van der Waals surface area contributed by atoms with Crippen LogP contribution in [0.25, 0.3) is 0 Å². The van der Waals surface area contributed by atoms with E-state index in [2.05, 4.69) is 27.7 Å². The van der Waals surface area contributed by atoms with E-state index < -0.39 is 0 Å². The van der Waals surface area contributed by atoms with E-state index in [4.69, 9.17) is 0 Å². The Kier molecular flexibility index (Phi) is 5.22. The van der Waals surface area contributed by atoms with Crippen LogP contribution in [-0.2, 0) is 0 Å². The Hall–Kier alpha value is -0.120. The van der Waals surface area contributed by atoms with Crippen LogP contribution in [0.1, 0.15) is 85.5 Å². The summed E-state index contributed by atoms with van der Waals surface area (Å²) in [5.74, 6) is 2.86. The molecule has 4 aliphatic carbocycles. The van der Waals surface area contributed by atoms with Gasteiger partial charge in [-0.15, -0.1) is 0 Å². The standard InChI is InChI=1S/C24H42O3/c1-5-6-14(2)17-7-8-18-22-19(13-21(27)24(17,18)4)23(3)10-9-16(25)11-15(23)12-20(22)26/h14-22,25-27H,5-13H2,1-4H3/t14-,15?,16+,17?,18?,19?,20+,21-,22?,23-,24+/m0/s1. The highest BCUT2D eigenvalue weighted by Gasteiger charge is 2.65.